The normalized spacial score (nSPS) is 28.1. The van der Waals surface area contributed by atoms with Crippen LogP contribution in [0.3, 0.4) is 0 Å². The van der Waals surface area contributed by atoms with Crippen molar-refractivity contribution in [3.05, 3.63) is 22.7 Å². The molecule has 0 aromatic carbocycles. The van der Waals surface area contributed by atoms with E-state index in [0.717, 1.165) is 32.2 Å². The Morgan fingerprint density at radius 3 is 3.00 bits per heavy atom. The van der Waals surface area contributed by atoms with Crippen LogP contribution in [-0.4, -0.2) is 28.2 Å². The van der Waals surface area contributed by atoms with Crippen molar-refractivity contribution in [3.8, 4) is 0 Å². The second-order valence-corrected chi connectivity index (χ2v) is 5.44. The molecule has 5 nitrogen and oxygen atoms in total. The molecule has 0 bridgehead atoms. The predicted molar refractivity (Wildman–Crippen MR) is 70.9 cm³/mol. The SMILES string of the molecule is CC1CC(Nc2nccn(C3CC3)c2=O)CCN1. The summed E-state index contributed by atoms with van der Waals surface area (Å²) in [5.41, 5.74) is 0.0335. The lowest BCUT2D eigenvalue weighted by molar-refractivity contribution is 0.395. The highest BCUT2D eigenvalue weighted by atomic mass is 16.1. The van der Waals surface area contributed by atoms with E-state index in [2.05, 4.69) is 22.5 Å². The van der Waals surface area contributed by atoms with Gasteiger partial charge in [0.1, 0.15) is 0 Å². The van der Waals surface area contributed by atoms with Gasteiger partial charge in [-0.05, 0) is 39.2 Å². The van der Waals surface area contributed by atoms with Crippen LogP contribution < -0.4 is 16.2 Å². The first kappa shape index (κ1) is 11.7. The van der Waals surface area contributed by atoms with E-state index >= 15 is 0 Å². The third-order valence-corrected chi connectivity index (χ3v) is 3.77. The van der Waals surface area contributed by atoms with Gasteiger partial charge in [0.15, 0.2) is 5.82 Å². The average molecular weight is 248 g/mol. The Morgan fingerprint density at radius 2 is 2.28 bits per heavy atom. The molecule has 2 atom stereocenters. The van der Waals surface area contributed by atoms with Crippen molar-refractivity contribution in [1.82, 2.24) is 14.9 Å². The Balaban J connectivity index is 1.75. The number of rotatable bonds is 3. The van der Waals surface area contributed by atoms with Gasteiger partial charge in [0.05, 0.1) is 0 Å². The molecule has 0 radical (unpaired) electrons. The number of piperidine rings is 1. The van der Waals surface area contributed by atoms with E-state index in [0.29, 0.717) is 23.9 Å². The highest BCUT2D eigenvalue weighted by molar-refractivity contribution is 5.33. The highest BCUT2D eigenvalue weighted by Crippen LogP contribution is 2.33. The molecule has 2 fully saturated rings. The quantitative estimate of drug-likeness (QED) is 0.842. The number of hydrogen-bond donors (Lipinski definition) is 2. The molecule has 0 spiro atoms. The molecule has 1 aliphatic heterocycles. The van der Waals surface area contributed by atoms with Crippen molar-refractivity contribution < 1.29 is 0 Å². The summed E-state index contributed by atoms with van der Waals surface area (Å²) in [6.45, 7) is 3.18. The van der Waals surface area contributed by atoms with Gasteiger partial charge in [-0.1, -0.05) is 0 Å². The van der Waals surface area contributed by atoms with E-state index in [1.807, 2.05) is 4.57 Å². The fourth-order valence-electron chi connectivity index (χ4n) is 2.62. The van der Waals surface area contributed by atoms with E-state index in [4.69, 9.17) is 0 Å². The second-order valence-electron chi connectivity index (χ2n) is 5.44. The van der Waals surface area contributed by atoms with Crippen molar-refractivity contribution in [3.63, 3.8) is 0 Å². The molecular formula is C13H20N4O. The molecule has 1 aromatic rings. The molecule has 3 rings (SSSR count). The molecule has 5 heteroatoms. The lowest BCUT2D eigenvalue weighted by Crippen LogP contribution is -2.42. The molecule has 1 saturated carbocycles. The van der Waals surface area contributed by atoms with Crippen molar-refractivity contribution in [1.29, 1.82) is 0 Å². The van der Waals surface area contributed by atoms with Gasteiger partial charge in [-0.2, -0.15) is 0 Å². The van der Waals surface area contributed by atoms with Gasteiger partial charge in [0.2, 0.25) is 0 Å². The summed E-state index contributed by atoms with van der Waals surface area (Å²) in [5, 5.41) is 6.73. The average Bonchev–Trinajstić information content (AvgIpc) is 3.16. The minimum atomic E-state index is 0.0335. The molecular weight excluding hydrogens is 228 g/mol. The van der Waals surface area contributed by atoms with Crippen LogP contribution in [0.5, 0.6) is 0 Å². The third-order valence-electron chi connectivity index (χ3n) is 3.77. The van der Waals surface area contributed by atoms with Gasteiger partial charge in [-0.15, -0.1) is 0 Å². The molecule has 1 aliphatic carbocycles. The highest BCUT2D eigenvalue weighted by Gasteiger charge is 2.26. The molecule has 2 heterocycles. The molecule has 2 N–H and O–H groups in total. The minimum Gasteiger partial charge on any atom is -0.363 e. The fourth-order valence-corrected chi connectivity index (χ4v) is 2.62. The smallest absolute Gasteiger partial charge is 0.293 e. The first-order valence-electron chi connectivity index (χ1n) is 6.81. The molecule has 2 unspecified atom stereocenters. The Bertz CT molecular complexity index is 480. The molecule has 98 valence electrons. The van der Waals surface area contributed by atoms with E-state index in [-0.39, 0.29) is 5.56 Å². The topological polar surface area (TPSA) is 59.0 Å². The van der Waals surface area contributed by atoms with Crippen molar-refractivity contribution in [2.75, 3.05) is 11.9 Å². The fraction of sp³-hybridized carbons (Fsp3) is 0.692. The summed E-state index contributed by atoms with van der Waals surface area (Å²) in [7, 11) is 0. The minimum absolute atomic E-state index is 0.0335. The van der Waals surface area contributed by atoms with Crippen LogP contribution in [0, 0.1) is 0 Å². The van der Waals surface area contributed by atoms with Gasteiger partial charge in [0, 0.05) is 30.5 Å². The Morgan fingerprint density at radius 1 is 1.44 bits per heavy atom. The molecule has 18 heavy (non-hydrogen) atoms. The van der Waals surface area contributed by atoms with Crippen LogP contribution in [0.15, 0.2) is 17.2 Å². The maximum atomic E-state index is 12.2. The van der Waals surface area contributed by atoms with E-state index in [1.165, 1.54) is 0 Å². The van der Waals surface area contributed by atoms with Crippen molar-refractivity contribution in [2.24, 2.45) is 0 Å². The van der Waals surface area contributed by atoms with Gasteiger partial charge >= 0.3 is 0 Å². The third kappa shape index (κ3) is 2.41. The summed E-state index contributed by atoms with van der Waals surface area (Å²) in [5.74, 6) is 0.517. The Kier molecular flexibility index (Phi) is 3.07. The number of nitrogens with one attached hydrogen (secondary N) is 2. The standard InChI is InChI=1S/C13H20N4O/c1-9-8-10(4-5-14-9)16-12-13(18)17(7-6-15-12)11-2-3-11/h6-7,9-11,14H,2-5,8H2,1H3,(H,15,16). The van der Waals surface area contributed by atoms with Crippen molar-refractivity contribution in [2.45, 2.75) is 50.7 Å². The Labute approximate surface area is 107 Å². The second kappa shape index (κ2) is 4.72. The number of hydrogen-bond acceptors (Lipinski definition) is 4. The maximum Gasteiger partial charge on any atom is 0.293 e. The molecule has 2 aliphatic rings. The predicted octanol–water partition coefficient (Wildman–Crippen LogP) is 1.13. The molecule has 0 amide bonds. The summed E-state index contributed by atoms with van der Waals surface area (Å²) in [4.78, 5) is 16.4. The van der Waals surface area contributed by atoms with Crippen LogP contribution in [0.1, 0.15) is 38.6 Å². The lowest BCUT2D eigenvalue weighted by Gasteiger charge is -2.28. The largest absolute Gasteiger partial charge is 0.363 e. The van der Waals surface area contributed by atoms with Crippen molar-refractivity contribution >= 4 is 5.82 Å². The van der Waals surface area contributed by atoms with Gasteiger partial charge < -0.3 is 15.2 Å². The van der Waals surface area contributed by atoms with E-state index < -0.39 is 0 Å². The van der Waals surface area contributed by atoms with Crippen LogP contribution in [0.25, 0.3) is 0 Å². The number of aromatic nitrogens is 2. The summed E-state index contributed by atoms with van der Waals surface area (Å²) >= 11 is 0. The van der Waals surface area contributed by atoms with Gasteiger partial charge in [-0.25, -0.2) is 4.98 Å². The molecule has 1 saturated heterocycles. The summed E-state index contributed by atoms with van der Waals surface area (Å²) in [6, 6.07) is 1.27. The number of anilines is 1. The molecule has 1 aromatic heterocycles. The first-order chi connectivity index (χ1) is 8.74. The van der Waals surface area contributed by atoms with E-state index in [9.17, 15) is 4.79 Å². The first-order valence-corrected chi connectivity index (χ1v) is 6.81. The summed E-state index contributed by atoms with van der Waals surface area (Å²) < 4.78 is 1.82. The zero-order valence-corrected chi connectivity index (χ0v) is 10.7. The zero-order chi connectivity index (χ0) is 12.5. The summed E-state index contributed by atoms with van der Waals surface area (Å²) in [6.07, 6.45) is 7.85. The van der Waals surface area contributed by atoms with Gasteiger partial charge in [0.25, 0.3) is 5.56 Å². The number of nitrogens with zero attached hydrogens (tertiary/aromatic N) is 2. The van der Waals surface area contributed by atoms with Crippen LogP contribution in [0.2, 0.25) is 0 Å². The van der Waals surface area contributed by atoms with E-state index in [1.54, 1.807) is 12.4 Å². The zero-order valence-electron chi connectivity index (χ0n) is 10.7. The maximum absolute atomic E-state index is 12.2. The van der Waals surface area contributed by atoms with Crippen LogP contribution in [0.4, 0.5) is 5.82 Å². The Hall–Kier alpha value is -1.36. The lowest BCUT2D eigenvalue weighted by atomic mass is 10.0. The van der Waals surface area contributed by atoms with Crippen LogP contribution >= 0.6 is 0 Å². The van der Waals surface area contributed by atoms with Gasteiger partial charge in [-0.3, -0.25) is 4.79 Å². The monoisotopic (exact) mass is 248 g/mol. The van der Waals surface area contributed by atoms with Crippen LogP contribution in [-0.2, 0) is 0 Å².